The van der Waals surface area contributed by atoms with Gasteiger partial charge >= 0.3 is 0 Å². The normalized spacial score (nSPS) is 11.2. The third kappa shape index (κ3) is 3.23. The molecule has 25 heavy (non-hydrogen) atoms. The molecule has 0 bridgehead atoms. The van der Waals surface area contributed by atoms with Crippen LogP contribution in [0.1, 0.15) is 5.76 Å². The van der Waals surface area contributed by atoms with Gasteiger partial charge in [-0.1, -0.05) is 30.3 Å². The van der Waals surface area contributed by atoms with E-state index in [1.54, 1.807) is 11.5 Å². The van der Waals surface area contributed by atoms with Gasteiger partial charge in [0, 0.05) is 5.56 Å². The van der Waals surface area contributed by atoms with Crippen LogP contribution in [0.15, 0.2) is 52.0 Å². The summed E-state index contributed by atoms with van der Waals surface area (Å²) in [7, 11) is 0. The van der Waals surface area contributed by atoms with Crippen LogP contribution in [0.25, 0.3) is 11.3 Å². The number of furan rings is 1. The van der Waals surface area contributed by atoms with Gasteiger partial charge in [-0.15, -0.1) is 0 Å². The van der Waals surface area contributed by atoms with Gasteiger partial charge in [0.15, 0.2) is 23.3 Å². The predicted octanol–water partition coefficient (Wildman–Crippen LogP) is 5.09. The van der Waals surface area contributed by atoms with E-state index in [0.29, 0.717) is 5.76 Å². The van der Waals surface area contributed by atoms with E-state index >= 15 is 0 Å². The van der Waals surface area contributed by atoms with Crippen LogP contribution in [0.3, 0.4) is 0 Å². The molecular formula is C17H9F5N2O. The number of anilines is 1. The zero-order valence-electron chi connectivity index (χ0n) is 12.4. The van der Waals surface area contributed by atoms with Crippen LogP contribution in [0.4, 0.5) is 27.6 Å². The van der Waals surface area contributed by atoms with E-state index in [-0.39, 0.29) is 5.76 Å². The van der Waals surface area contributed by atoms with E-state index in [9.17, 15) is 22.0 Å². The number of hydrazone groups is 1. The van der Waals surface area contributed by atoms with Gasteiger partial charge in [-0.25, -0.2) is 22.0 Å². The van der Waals surface area contributed by atoms with Crippen molar-refractivity contribution in [2.75, 3.05) is 5.43 Å². The summed E-state index contributed by atoms with van der Waals surface area (Å²) in [6, 6.07) is 12.3. The Bertz CT molecular complexity index is 909. The molecule has 0 saturated heterocycles. The summed E-state index contributed by atoms with van der Waals surface area (Å²) in [5.74, 6) is -9.60. The SMILES string of the molecule is Fc1c(F)c(F)c(N/N=C/c2ccc(-c3ccccc3)o2)c(F)c1F. The van der Waals surface area contributed by atoms with Gasteiger partial charge < -0.3 is 4.42 Å². The standard InChI is InChI=1S/C17H9F5N2O/c18-12-13(19)15(21)17(16(22)14(12)20)24-23-8-10-6-7-11(25-10)9-4-2-1-3-5-9/h1-8,24H/b23-8+. The van der Waals surface area contributed by atoms with Crippen LogP contribution < -0.4 is 5.43 Å². The molecule has 0 aliphatic heterocycles. The molecule has 2 aromatic carbocycles. The van der Waals surface area contributed by atoms with E-state index in [1.807, 2.05) is 30.3 Å². The molecule has 3 rings (SSSR count). The summed E-state index contributed by atoms with van der Waals surface area (Å²) in [4.78, 5) is 0. The van der Waals surface area contributed by atoms with E-state index in [1.165, 1.54) is 6.07 Å². The monoisotopic (exact) mass is 352 g/mol. The van der Waals surface area contributed by atoms with Gasteiger partial charge in [0.25, 0.3) is 0 Å². The first-order chi connectivity index (χ1) is 12.0. The number of hydrogen-bond acceptors (Lipinski definition) is 3. The number of rotatable bonds is 4. The molecule has 3 nitrogen and oxygen atoms in total. The van der Waals surface area contributed by atoms with E-state index in [2.05, 4.69) is 5.10 Å². The van der Waals surface area contributed by atoms with Crippen LogP contribution in [0.5, 0.6) is 0 Å². The number of hydrogen-bond donors (Lipinski definition) is 1. The lowest BCUT2D eigenvalue weighted by atomic mass is 10.2. The van der Waals surface area contributed by atoms with Crippen molar-refractivity contribution in [2.24, 2.45) is 5.10 Å². The molecule has 8 heteroatoms. The Hall–Kier alpha value is -3.16. The highest BCUT2D eigenvalue weighted by molar-refractivity contribution is 5.78. The van der Waals surface area contributed by atoms with Crippen LogP contribution in [-0.2, 0) is 0 Å². The van der Waals surface area contributed by atoms with E-state index in [4.69, 9.17) is 4.42 Å². The van der Waals surface area contributed by atoms with Crippen molar-refractivity contribution in [3.05, 3.63) is 77.3 Å². The van der Waals surface area contributed by atoms with Crippen LogP contribution >= 0.6 is 0 Å². The fraction of sp³-hybridized carbons (Fsp3) is 0. The molecule has 0 amide bonds. The van der Waals surface area contributed by atoms with Gasteiger partial charge in [0.2, 0.25) is 5.82 Å². The summed E-state index contributed by atoms with van der Waals surface area (Å²) in [6.07, 6.45) is 1.05. The Morgan fingerprint density at radius 2 is 1.36 bits per heavy atom. The Balaban J connectivity index is 1.80. The zero-order chi connectivity index (χ0) is 18.0. The maximum Gasteiger partial charge on any atom is 0.200 e. The summed E-state index contributed by atoms with van der Waals surface area (Å²) in [5, 5.41) is 3.45. The highest BCUT2D eigenvalue weighted by Gasteiger charge is 2.25. The smallest absolute Gasteiger partial charge is 0.200 e. The van der Waals surface area contributed by atoms with E-state index in [0.717, 1.165) is 11.8 Å². The number of benzene rings is 2. The molecule has 1 heterocycles. The quantitative estimate of drug-likeness (QED) is 0.234. The molecule has 0 saturated carbocycles. The van der Waals surface area contributed by atoms with Gasteiger partial charge in [-0.2, -0.15) is 5.10 Å². The zero-order valence-corrected chi connectivity index (χ0v) is 12.4. The average molecular weight is 352 g/mol. The van der Waals surface area contributed by atoms with Crippen molar-refractivity contribution < 1.29 is 26.4 Å². The topological polar surface area (TPSA) is 37.5 Å². The minimum atomic E-state index is -2.23. The molecule has 0 radical (unpaired) electrons. The van der Waals surface area contributed by atoms with Crippen molar-refractivity contribution in [3.8, 4) is 11.3 Å². The van der Waals surface area contributed by atoms with Crippen molar-refractivity contribution >= 4 is 11.9 Å². The molecule has 0 atom stereocenters. The maximum atomic E-state index is 13.5. The van der Waals surface area contributed by atoms with Crippen molar-refractivity contribution in [2.45, 2.75) is 0 Å². The number of nitrogens with zero attached hydrogens (tertiary/aromatic N) is 1. The van der Waals surface area contributed by atoms with Crippen molar-refractivity contribution in [3.63, 3.8) is 0 Å². The van der Waals surface area contributed by atoms with Crippen LogP contribution in [0, 0.1) is 29.1 Å². The first-order valence-electron chi connectivity index (χ1n) is 6.95. The van der Waals surface area contributed by atoms with Gasteiger partial charge in [-0.3, -0.25) is 5.43 Å². The van der Waals surface area contributed by atoms with Crippen molar-refractivity contribution in [1.29, 1.82) is 0 Å². The second kappa shape index (κ2) is 6.76. The molecular weight excluding hydrogens is 343 g/mol. The molecule has 0 aliphatic carbocycles. The number of halogens is 5. The first kappa shape index (κ1) is 16.7. The second-order valence-corrected chi connectivity index (χ2v) is 4.88. The maximum absolute atomic E-state index is 13.5. The first-order valence-corrected chi connectivity index (χ1v) is 6.95. The minimum Gasteiger partial charge on any atom is -0.455 e. The van der Waals surface area contributed by atoms with Gasteiger partial charge in [-0.05, 0) is 12.1 Å². The third-order valence-electron chi connectivity index (χ3n) is 3.26. The molecule has 0 spiro atoms. The van der Waals surface area contributed by atoms with Gasteiger partial charge in [0.05, 0.1) is 6.21 Å². The third-order valence-corrected chi connectivity index (χ3v) is 3.26. The molecule has 0 aliphatic rings. The molecule has 0 fully saturated rings. The van der Waals surface area contributed by atoms with Crippen LogP contribution in [-0.4, -0.2) is 6.21 Å². The lowest BCUT2D eigenvalue weighted by Gasteiger charge is -2.06. The highest BCUT2D eigenvalue weighted by Crippen LogP contribution is 2.27. The molecule has 0 unspecified atom stereocenters. The lowest BCUT2D eigenvalue weighted by Crippen LogP contribution is -2.06. The Morgan fingerprint density at radius 1 is 0.760 bits per heavy atom. The molecule has 1 aromatic heterocycles. The second-order valence-electron chi connectivity index (χ2n) is 4.88. The average Bonchev–Trinajstić information content (AvgIpc) is 3.11. The molecule has 1 N–H and O–H groups in total. The van der Waals surface area contributed by atoms with Gasteiger partial charge in [0.1, 0.15) is 17.2 Å². The summed E-state index contributed by atoms with van der Waals surface area (Å²) >= 11 is 0. The molecule has 128 valence electrons. The summed E-state index contributed by atoms with van der Waals surface area (Å²) < 4.78 is 71.5. The highest BCUT2D eigenvalue weighted by atomic mass is 19.2. The lowest BCUT2D eigenvalue weighted by molar-refractivity contribution is 0.381. The Labute approximate surface area is 138 Å². The van der Waals surface area contributed by atoms with Crippen molar-refractivity contribution in [1.82, 2.24) is 0 Å². The summed E-state index contributed by atoms with van der Waals surface area (Å²) in [5.41, 5.74) is 1.35. The number of nitrogens with one attached hydrogen (secondary N) is 1. The fourth-order valence-electron chi connectivity index (χ4n) is 2.04. The van der Waals surface area contributed by atoms with E-state index < -0.39 is 34.8 Å². The minimum absolute atomic E-state index is 0.218. The van der Waals surface area contributed by atoms with Crippen LogP contribution in [0.2, 0.25) is 0 Å². The largest absolute Gasteiger partial charge is 0.455 e. The Morgan fingerprint density at radius 3 is 2.00 bits per heavy atom. The predicted molar refractivity (Wildman–Crippen MR) is 81.6 cm³/mol. The fourth-order valence-corrected chi connectivity index (χ4v) is 2.04. The molecule has 3 aromatic rings. The Kier molecular flexibility index (Phi) is 4.51. The summed E-state index contributed by atoms with van der Waals surface area (Å²) in [6.45, 7) is 0.